The number of aryl methyl sites for hydroxylation is 1. The molecule has 2 atom stereocenters. The van der Waals surface area contributed by atoms with Gasteiger partial charge in [-0.3, -0.25) is 0 Å². The molecular formula is C13H20BrNO2S2. The Hall–Kier alpha value is 0.0900. The van der Waals surface area contributed by atoms with Crippen molar-refractivity contribution in [2.75, 3.05) is 0 Å². The molecule has 0 aromatic carbocycles. The maximum absolute atomic E-state index is 12.4. The lowest BCUT2D eigenvalue weighted by atomic mass is 9.81. The lowest BCUT2D eigenvalue weighted by Gasteiger charge is -2.31. The molecule has 0 spiro atoms. The van der Waals surface area contributed by atoms with Crippen molar-refractivity contribution < 1.29 is 8.42 Å². The van der Waals surface area contributed by atoms with Gasteiger partial charge in [0.1, 0.15) is 0 Å². The summed E-state index contributed by atoms with van der Waals surface area (Å²) in [6, 6.07) is 1.76. The van der Waals surface area contributed by atoms with Gasteiger partial charge in [-0.2, -0.15) is 0 Å². The summed E-state index contributed by atoms with van der Waals surface area (Å²) >= 11 is 4.80. The van der Waals surface area contributed by atoms with Crippen LogP contribution in [-0.2, 0) is 10.0 Å². The van der Waals surface area contributed by atoms with E-state index in [1.165, 1.54) is 17.8 Å². The van der Waals surface area contributed by atoms with Crippen LogP contribution in [0.15, 0.2) is 14.7 Å². The van der Waals surface area contributed by atoms with E-state index in [4.69, 9.17) is 0 Å². The van der Waals surface area contributed by atoms with E-state index in [0.717, 1.165) is 21.5 Å². The summed E-state index contributed by atoms with van der Waals surface area (Å²) in [5, 5.41) is 0. The molecule has 1 aromatic heterocycles. The first-order chi connectivity index (χ1) is 8.78. The Morgan fingerprint density at radius 1 is 1.26 bits per heavy atom. The highest BCUT2D eigenvalue weighted by Crippen LogP contribution is 2.32. The van der Waals surface area contributed by atoms with Crippen LogP contribution in [0.1, 0.15) is 38.0 Å². The van der Waals surface area contributed by atoms with E-state index in [2.05, 4.69) is 34.5 Å². The normalized spacial score (nSPS) is 28.5. The first-order valence-corrected chi connectivity index (χ1v) is 9.65. The van der Waals surface area contributed by atoms with Gasteiger partial charge in [-0.25, -0.2) is 13.1 Å². The van der Waals surface area contributed by atoms with Gasteiger partial charge in [0.05, 0.1) is 8.68 Å². The van der Waals surface area contributed by atoms with Crippen molar-refractivity contribution in [2.24, 2.45) is 11.8 Å². The Morgan fingerprint density at radius 3 is 2.32 bits per heavy atom. The number of rotatable bonds is 3. The molecule has 2 rings (SSSR count). The third-order valence-electron chi connectivity index (χ3n) is 3.63. The first-order valence-electron chi connectivity index (χ1n) is 6.56. The van der Waals surface area contributed by atoms with Gasteiger partial charge in [-0.05, 0) is 60.0 Å². The van der Waals surface area contributed by atoms with Crippen molar-refractivity contribution in [1.82, 2.24) is 4.72 Å². The van der Waals surface area contributed by atoms with Crippen molar-refractivity contribution in [3.63, 3.8) is 0 Å². The Labute approximate surface area is 128 Å². The highest BCUT2D eigenvalue weighted by molar-refractivity contribution is 9.11. The molecule has 0 bridgehead atoms. The maximum Gasteiger partial charge on any atom is 0.241 e. The summed E-state index contributed by atoms with van der Waals surface area (Å²) in [5.74, 6) is 1.18. The van der Waals surface area contributed by atoms with Crippen molar-refractivity contribution >= 4 is 37.3 Å². The number of nitrogens with one attached hydrogen (secondary N) is 1. The third kappa shape index (κ3) is 3.80. The molecule has 3 nitrogen and oxygen atoms in total. The van der Waals surface area contributed by atoms with E-state index < -0.39 is 10.0 Å². The number of halogens is 1. The second-order valence-electron chi connectivity index (χ2n) is 5.71. The van der Waals surface area contributed by atoms with Gasteiger partial charge < -0.3 is 0 Å². The molecular weight excluding hydrogens is 346 g/mol. The summed E-state index contributed by atoms with van der Waals surface area (Å²) in [6.07, 6.45) is 3.07. The van der Waals surface area contributed by atoms with Crippen LogP contribution in [0, 0.1) is 18.8 Å². The van der Waals surface area contributed by atoms with Crippen LogP contribution in [0.3, 0.4) is 0 Å². The van der Waals surface area contributed by atoms with Crippen LogP contribution in [0.25, 0.3) is 0 Å². The standard InChI is InChI=1S/C13H20BrNO2S2/c1-8-4-9(2)6-11(5-8)15-19(16,17)12-7-13(14)18-10(12)3/h7-9,11,15H,4-6H2,1-3H3. The van der Waals surface area contributed by atoms with E-state index in [1.54, 1.807) is 6.07 Å². The zero-order valence-electron chi connectivity index (χ0n) is 11.4. The Kier molecular flexibility index (Phi) is 4.75. The van der Waals surface area contributed by atoms with Gasteiger partial charge in [0, 0.05) is 10.9 Å². The SMILES string of the molecule is Cc1sc(Br)cc1S(=O)(=O)NC1CC(C)CC(C)C1. The van der Waals surface area contributed by atoms with Crippen LogP contribution in [0.2, 0.25) is 0 Å². The fourth-order valence-electron chi connectivity index (χ4n) is 3.02. The van der Waals surface area contributed by atoms with Gasteiger partial charge in [0.15, 0.2) is 0 Å². The van der Waals surface area contributed by atoms with E-state index in [-0.39, 0.29) is 6.04 Å². The second-order valence-corrected chi connectivity index (χ2v) is 10.0. The summed E-state index contributed by atoms with van der Waals surface area (Å²) < 4.78 is 28.6. The fraction of sp³-hybridized carbons (Fsp3) is 0.692. The molecule has 1 heterocycles. The van der Waals surface area contributed by atoms with Crippen molar-refractivity contribution in [3.05, 3.63) is 14.7 Å². The predicted octanol–water partition coefficient (Wildman–Crippen LogP) is 3.92. The molecule has 2 unspecified atom stereocenters. The average Bonchev–Trinajstić information content (AvgIpc) is 2.56. The summed E-state index contributed by atoms with van der Waals surface area (Å²) in [4.78, 5) is 1.24. The lowest BCUT2D eigenvalue weighted by molar-refractivity contribution is 0.257. The molecule has 6 heteroatoms. The molecule has 1 aromatic rings. The topological polar surface area (TPSA) is 46.2 Å². The Morgan fingerprint density at radius 2 is 1.84 bits per heavy atom. The smallest absolute Gasteiger partial charge is 0.208 e. The number of sulfonamides is 1. The highest BCUT2D eigenvalue weighted by Gasteiger charge is 2.29. The van der Waals surface area contributed by atoms with E-state index >= 15 is 0 Å². The number of hydrogen-bond acceptors (Lipinski definition) is 3. The quantitative estimate of drug-likeness (QED) is 0.881. The van der Waals surface area contributed by atoms with Crippen molar-refractivity contribution in [1.29, 1.82) is 0 Å². The largest absolute Gasteiger partial charge is 0.241 e. The zero-order valence-corrected chi connectivity index (χ0v) is 14.7. The molecule has 0 saturated heterocycles. The first kappa shape index (κ1) is 15.5. The van der Waals surface area contributed by atoms with Gasteiger partial charge in [0.2, 0.25) is 10.0 Å². The average molecular weight is 366 g/mol. The van der Waals surface area contributed by atoms with Gasteiger partial charge in [-0.15, -0.1) is 11.3 Å². The van der Waals surface area contributed by atoms with Crippen LogP contribution >= 0.6 is 27.3 Å². The third-order valence-corrected chi connectivity index (χ3v) is 6.96. The monoisotopic (exact) mass is 365 g/mol. The molecule has 1 aliphatic carbocycles. The minimum atomic E-state index is -3.39. The summed E-state index contributed by atoms with van der Waals surface area (Å²) in [5.41, 5.74) is 0. The molecule has 0 amide bonds. The van der Waals surface area contributed by atoms with Crippen LogP contribution in [0.5, 0.6) is 0 Å². The maximum atomic E-state index is 12.4. The molecule has 19 heavy (non-hydrogen) atoms. The van der Waals surface area contributed by atoms with Crippen molar-refractivity contribution in [2.45, 2.75) is 51.0 Å². The number of hydrogen-bond donors (Lipinski definition) is 1. The van der Waals surface area contributed by atoms with Gasteiger partial charge in [0.25, 0.3) is 0 Å². The van der Waals surface area contributed by atoms with Gasteiger partial charge in [-0.1, -0.05) is 13.8 Å². The summed E-state index contributed by atoms with van der Waals surface area (Å²) in [6.45, 7) is 6.24. The molecule has 0 radical (unpaired) electrons. The van der Waals surface area contributed by atoms with Crippen LogP contribution < -0.4 is 4.72 Å². The van der Waals surface area contributed by atoms with E-state index in [1.807, 2.05) is 6.92 Å². The second kappa shape index (κ2) is 5.84. The Bertz CT molecular complexity index is 543. The molecule has 108 valence electrons. The minimum absolute atomic E-state index is 0.0711. The summed E-state index contributed by atoms with van der Waals surface area (Å²) in [7, 11) is -3.39. The molecule has 0 aliphatic heterocycles. The number of thiophene rings is 1. The van der Waals surface area contributed by atoms with Crippen LogP contribution in [-0.4, -0.2) is 14.5 Å². The van der Waals surface area contributed by atoms with E-state index in [9.17, 15) is 8.42 Å². The molecule has 1 saturated carbocycles. The fourth-order valence-corrected chi connectivity index (χ4v) is 6.70. The lowest BCUT2D eigenvalue weighted by Crippen LogP contribution is -2.40. The zero-order chi connectivity index (χ0) is 14.2. The highest BCUT2D eigenvalue weighted by atomic mass is 79.9. The molecule has 1 N–H and O–H groups in total. The minimum Gasteiger partial charge on any atom is -0.208 e. The molecule has 1 aliphatic rings. The predicted molar refractivity (Wildman–Crippen MR) is 83.0 cm³/mol. The Balaban J connectivity index is 2.15. The molecule has 1 fully saturated rings. The van der Waals surface area contributed by atoms with Crippen LogP contribution in [0.4, 0.5) is 0 Å². The van der Waals surface area contributed by atoms with E-state index in [0.29, 0.717) is 16.7 Å². The van der Waals surface area contributed by atoms with Gasteiger partial charge >= 0.3 is 0 Å². The van der Waals surface area contributed by atoms with Crippen molar-refractivity contribution in [3.8, 4) is 0 Å².